The van der Waals surface area contributed by atoms with Crippen LogP contribution in [0.3, 0.4) is 0 Å². The smallest absolute Gasteiger partial charge is 0.251 e. The van der Waals surface area contributed by atoms with Crippen LogP contribution in [-0.4, -0.2) is 43.1 Å². The first kappa shape index (κ1) is 16.6. The third kappa shape index (κ3) is 5.65. The fourth-order valence-corrected chi connectivity index (χ4v) is 2.21. The van der Waals surface area contributed by atoms with Crippen LogP contribution in [-0.2, 0) is 10.5 Å². The van der Waals surface area contributed by atoms with Crippen molar-refractivity contribution in [2.45, 2.75) is 19.1 Å². The highest BCUT2D eigenvalue weighted by Crippen LogP contribution is 2.12. The predicted octanol–water partition coefficient (Wildman–Crippen LogP) is 2.15. The number of carbonyl (C=O) groups excluding carboxylic acids is 2. The molecule has 1 rings (SSSR count). The maximum atomic E-state index is 11.9. The van der Waals surface area contributed by atoms with Crippen molar-refractivity contribution in [3.63, 3.8) is 0 Å². The number of benzene rings is 1. The lowest BCUT2D eigenvalue weighted by atomic mass is 10.1. The molecule has 0 spiro atoms. The molecule has 1 aromatic carbocycles. The van der Waals surface area contributed by atoms with Crippen LogP contribution >= 0.6 is 11.8 Å². The lowest BCUT2D eigenvalue weighted by Gasteiger charge is -2.10. The summed E-state index contributed by atoms with van der Waals surface area (Å²) in [5.74, 6) is 1.93. The van der Waals surface area contributed by atoms with Gasteiger partial charge in [-0.3, -0.25) is 9.59 Å². The molecular formula is C15H22N2O2S. The Balaban J connectivity index is 2.41. The lowest BCUT2D eigenvalue weighted by Crippen LogP contribution is -2.30. The van der Waals surface area contributed by atoms with Crippen molar-refractivity contribution < 1.29 is 9.59 Å². The lowest BCUT2D eigenvalue weighted by molar-refractivity contribution is -0.128. The highest BCUT2D eigenvalue weighted by Gasteiger charge is 2.07. The number of hydrogen-bond acceptors (Lipinski definition) is 3. The van der Waals surface area contributed by atoms with Gasteiger partial charge in [0.1, 0.15) is 0 Å². The van der Waals surface area contributed by atoms with Gasteiger partial charge in [0.25, 0.3) is 5.91 Å². The zero-order valence-electron chi connectivity index (χ0n) is 12.3. The van der Waals surface area contributed by atoms with Crippen molar-refractivity contribution in [3.8, 4) is 0 Å². The van der Waals surface area contributed by atoms with E-state index in [1.54, 1.807) is 14.1 Å². The van der Waals surface area contributed by atoms with Gasteiger partial charge in [-0.1, -0.05) is 19.1 Å². The Morgan fingerprint density at radius 2 is 1.85 bits per heavy atom. The van der Waals surface area contributed by atoms with Crippen LogP contribution in [0.1, 0.15) is 29.3 Å². The van der Waals surface area contributed by atoms with E-state index in [9.17, 15) is 9.59 Å². The molecule has 0 atom stereocenters. The quantitative estimate of drug-likeness (QED) is 0.838. The van der Waals surface area contributed by atoms with Crippen molar-refractivity contribution in [2.75, 3.05) is 26.4 Å². The second-order valence-corrected chi connectivity index (χ2v) is 5.90. The Morgan fingerprint density at radius 1 is 1.20 bits per heavy atom. The third-order valence-electron chi connectivity index (χ3n) is 2.81. The molecule has 0 aliphatic rings. The predicted molar refractivity (Wildman–Crippen MR) is 83.9 cm³/mol. The standard InChI is InChI=1S/C15H22N2O2S/c1-4-20-11-12-5-7-13(8-6-12)15(19)16-10-9-14(18)17(2)3/h5-8H,4,9-11H2,1-3H3,(H,16,19). The number of nitrogens with one attached hydrogen (secondary N) is 1. The van der Waals surface area contributed by atoms with E-state index < -0.39 is 0 Å². The van der Waals surface area contributed by atoms with Crippen molar-refractivity contribution in [1.29, 1.82) is 0 Å². The van der Waals surface area contributed by atoms with Gasteiger partial charge < -0.3 is 10.2 Å². The minimum absolute atomic E-state index is 0.0113. The number of amides is 2. The summed E-state index contributed by atoms with van der Waals surface area (Å²) >= 11 is 1.85. The summed E-state index contributed by atoms with van der Waals surface area (Å²) in [6.07, 6.45) is 0.323. The van der Waals surface area contributed by atoms with Crippen molar-refractivity contribution in [2.24, 2.45) is 0 Å². The van der Waals surface area contributed by atoms with Gasteiger partial charge in [0.15, 0.2) is 0 Å². The molecule has 1 N–H and O–H groups in total. The highest BCUT2D eigenvalue weighted by molar-refractivity contribution is 7.98. The van der Waals surface area contributed by atoms with Gasteiger partial charge in [-0.25, -0.2) is 0 Å². The van der Waals surface area contributed by atoms with Gasteiger partial charge in [-0.2, -0.15) is 11.8 Å². The van der Waals surface area contributed by atoms with Crippen LogP contribution in [0.2, 0.25) is 0 Å². The molecule has 0 heterocycles. The van der Waals surface area contributed by atoms with Gasteiger partial charge in [-0.15, -0.1) is 0 Å². The molecular weight excluding hydrogens is 272 g/mol. The topological polar surface area (TPSA) is 49.4 Å². The average Bonchev–Trinajstić information content (AvgIpc) is 2.45. The first-order valence-corrected chi connectivity index (χ1v) is 7.85. The van der Waals surface area contributed by atoms with E-state index in [4.69, 9.17) is 0 Å². The van der Waals surface area contributed by atoms with Crippen LogP contribution in [0.4, 0.5) is 0 Å². The summed E-state index contributed by atoms with van der Waals surface area (Å²) < 4.78 is 0. The average molecular weight is 294 g/mol. The number of thioether (sulfide) groups is 1. The maximum Gasteiger partial charge on any atom is 0.251 e. The van der Waals surface area contributed by atoms with E-state index in [0.717, 1.165) is 11.5 Å². The fourth-order valence-electron chi connectivity index (χ4n) is 1.58. The zero-order chi connectivity index (χ0) is 15.0. The van der Waals surface area contributed by atoms with Crippen LogP contribution in [0, 0.1) is 0 Å². The largest absolute Gasteiger partial charge is 0.352 e. The molecule has 0 saturated carbocycles. The zero-order valence-corrected chi connectivity index (χ0v) is 13.1. The van der Waals surface area contributed by atoms with Crippen LogP contribution in [0.25, 0.3) is 0 Å². The van der Waals surface area contributed by atoms with E-state index in [0.29, 0.717) is 18.5 Å². The third-order valence-corrected chi connectivity index (χ3v) is 3.76. The summed E-state index contributed by atoms with van der Waals surface area (Å²) in [6, 6.07) is 7.61. The Kier molecular flexibility index (Phi) is 7.15. The molecule has 1 aromatic rings. The van der Waals surface area contributed by atoms with Crippen LogP contribution in [0.5, 0.6) is 0 Å². The first-order valence-electron chi connectivity index (χ1n) is 6.69. The molecule has 110 valence electrons. The van der Waals surface area contributed by atoms with Gasteiger partial charge >= 0.3 is 0 Å². The Morgan fingerprint density at radius 3 is 2.40 bits per heavy atom. The number of rotatable bonds is 7. The molecule has 0 radical (unpaired) electrons. The van der Waals surface area contributed by atoms with Crippen molar-refractivity contribution >= 4 is 23.6 Å². The SMILES string of the molecule is CCSCc1ccc(C(=O)NCCC(=O)N(C)C)cc1. The first-order chi connectivity index (χ1) is 9.54. The summed E-state index contributed by atoms with van der Waals surface area (Å²) in [5.41, 5.74) is 1.85. The van der Waals surface area contributed by atoms with Crippen LogP contribution < -0.4 is 5.32 Å². The van der Waals surface area contributed by atoms with Gasteiger partial charge in [-0.05, 0) is 23.4 Å². The van der Waals surface area contributed by atoms with E-state index in [-0.39, 0.29) is 11.8 Å². The molecule has 0 aromatic heterocycles. The maximum absolute atomic E-state index is 11.9. The minimum Gasteiger partial charge on any atom is -0.352 e. The van der Waals surface area contributed by atoms with E-state index in [1.165, 1.54) is 10.5 Å². The molecule has 0 aliphatic heterocycles. The summed E-state index contributed by atoms with van der Waals surface area (Å²) in [6.45, 7) is 2.49. The van der Waals surface area contributed by atoms with Gasteiger partial charge in [0.2, 0.25) is 5.91 Å². The monoisotopic (exact) mass is 294 g/mol. The summed E-state index contributed by atoms with van der Waals surface area (Å²) in [7, 11) is 3.41. The molecule has 0 bridgehead atoms. The molecule has 0 fully saturated rings. The number of carbonyl (C=O) groups is 2. The molecule has 0 unspecified atom stereocenters. The van der Waals surface area contributed by atoms with Crippen LogP contribution in [0.15, 0.2) is 24.3 Å². The summed E-state index contributed by atoms with van der Waals surface area (Å²) in [5, 5.41) is 2.76. The molecule has 4 nitrogen and oxygen atoms in total. The molecule has 0 aliphatic carbocycles. The van der Waals surface area contributed by atoms with E-state index in [2.05, 4.69) is 12.2 Å². The van der Waals surface area contributed by atoms with Crippen molar-refractivity contribution in [1.82, 2.24) is 10.2 Å². The molecule has 2 amide bonds. The molecule has 0 saturated heterocycles. The highest BCUT2D eigenvalue weighted by atomic mass is 32.2. The van der Waals surface area contributed by atoms with Crippen molar-refractivity contribution in [3.05, 3.63) is 35.4 Å². The van der Waals surface area contributed by atoms with E-state index >= 15 is 0 Å². The Bertz CT molecular complexity index is 444. The fraction of sp³-hybridized carbons (Fsp3) is 0.467. The molecule has 20 heavy (non-hydrogen) atoms. The summed E-state index contributed by atoms with van der Waals surface area (Å²) in [4.78, 5) is 24.8. The number of hydrogen-bond donors (Lipinski definition) is 1. The number of nitrogens with zero attached hydrogens (tertiary/aromatic N) is 1. The minimum atomic E-state index is -0.133. The van der Waals surface area contributed by atoms with Gasteiger partial charge in [0.05, 0.1) is 0 Å². The Labute approximate surface area is 124 Å². The van der Waals surface area contributed by atoms with Gasteiger partial charge in [0, 0.05) is 38.4 Å². The Hall–Kier alpha value is -1.49. The molecule has 5 heteroatoms. The second kappa shape index (κ2) is 8.64. The normalized spacial score (nSPS) is 10.2. The van der Waals surface area contributed by atoms with E-state index in [1.807, 2.05) is 36.0 Å². The second-order valence-electron chi connectivity index (χ2n) is 4.63.